The molecule has 0 aliphatic carbocycles. The summed E-state index contributed by atoms with van der Waals surface area (Å²) in [5.74, 6) is -0.0290. The fraction of sp³-hybridized carbons (Fsp3) is 0.364. The van der Waals surface area contributed by atoms with Crippen LogP contribution in [-0.4, -0.2) is 37.3 Å². The van der Waals surface area contributed by atoms with Crippen LogP contribution in [0.2, 0.25) is 5.02 Å². The lowest BCUT2D eigenvalue weighted by Crippen LogP contribution is -2.36. The zero-order chi connectivity index (χ0) is 13.1. The first kappa shape index (κ1) is 12.8. The Hall–Kier alpha value is -1.66. The second-order valence-electron chi connectivity index (χ2n) is 3.98. The van der Waals surface area contributed by atoms with Gasteiger partial charge in [-0.25, -0.2) is 0 Å². The molecular formula is C11H15ClN4O2. The molecule has 1 aliphatic rings. The molecule has 1 heterocycles. The Morgan fingerprint density at radius 2 is 2.06 bits per heavy atom. The Kier molecular flexibility index (Phi) is 3.78. The summed E-state index contributed by atoms with van der Waals surface area (Å²) in [5, 5.41) is 12.2. The van der Waals surface area contributed by atoms with Gasteiger partial charge in [-0.2, -0.15) is 0 Å². The highest BCUT2D eigenvalue weighted by Gasteiger charge is 2.17. The highest BCUT2D eigenvalue weighted by atomic mass is 35.5. The third kappa shape index (κ3) is 2.44. The van der Waals surface area contributed by atoms with E-state index in [2.05, 4.69) is 10.1 Å². The average molecular weight is 271 g/mol. The number of rotatable bonds is 2. The van der Waals surface area contributed by atoms with Crippen LogP contribution in [0, 0.1) is 0 Å². The van der Waals surface area contributed by atoms with Crippen molar-refractivity contribution < 1.29 is 9.94 Å². The van der Waals surface area contributed by atoms with Gasteiger partial charge in [-0.05, 0) is 12.1 Å². The maximum Gasteiger partial charge on any atom is 0.172 e. The van der Waals surface area contributed by atoms with Crippen molar-refractivity contribution in [3.05, 3.63) is 22.7 Å². The first-order chi connectivity index (χ1) is 8.63. The topological polar surface area (TPSA) is 97.1 Å². The third-order valence-corrected chi connectivity index (χ3v) is 3.16. The molecule has 1 aromatic rings. The molecule has 6 nitrogen and oxygen atoms in total. The molecule has 0 amide bonds. The summed E-state index contributed by atoms with van der Waals surface area (Å²) in [5.41, 5.74) is 13.0. The lowest BCUT2D eigenvalue weighted by atomic mass is 10.1. The normalized spacial score (nSPS) is 16.9. The molecule has 0 unspecified atom stereocenters. The van der Waals surface area contributed by atoms with E-state index < -0.39 is 0 Å². The van der Waals surface area contributed by atoms with Crippen molar-refractivity contribution in [2.75, 3.05) is 36.9 Å². The summed E-state index contributed by atoms with van der Waals surface area (Å²) in [6.45, 7) is 2.80. The number of ether oxygens (including phenoxy) is 1. The number of oxime groups is 1. The van der Waals surface area contributed by atoms with Crippen LogP contribution in [0.1, 0.15) is 5.56 Å². The smallest absolute Gasteiger partial charge is 0.172 e. The summed E-state index contributed by atoms with van der Waals surface area (Å²) in [7, 11) is 0. The van der Waals surface area contributed by atoms with E-state index in [4.69, 9.17) is 33.0 Å². The van der Waals surface area contributed by atoms with Gasteiger partial charge in [-0.1, -0.05) is 16.8 Å². The van der Waals surface area contributed by atoms with Crippen LogP contribution >= 0.6 is 11.6 Å². The summed E-state index contributed by atoms with van der Waals surface area (Å²) in [6.07, 6.45) is 0. The van der Waals surface area contributed by atoms with Gasteiger partial charge < -0.3 is 26.3 Å². The Balaban J connectivity index is 2.40. The van der Waals surface area contributed by atoms with E-state index in [1.165, 1.54) is 0 Å². The number of benzene rings is 1. The summed E-state index contributed by atoms with van der Waals surface area (Å²) >= 11 is 6.18. The van der Waals surface area contributed by atoms with E-state index in [-0.39, 0.29) is 5.84 Å². The Bertz CT molecular complexity index is 472. The minimum atomic E-state index is -0.0290. The van der Waals surface area contributed by atoms with Crippen LogP contribution in [0.25, 0.3) is 0 Å². The number of hydrogen-bond donors (Lipinski definition) is 3. The van der Waals surface area contributed by atoms with Crippen LogP contribution in [0.3, 0.4) is 0 Å². The van der Waals surface area contributed by atoms with Crippen molar-refractivity contribution in [2.24, 2.45) is 10.9 Å². The number of halogens is 1. The van der Waals surface area contributed by atoms with E-state index in [1.54, 1.807) is 12.1 Å². The molecule has 0 bridgehead atoms. The second-order valence-corrected chi connectivity index (χ2v) is 4.38. The van der Waals surface area contributed by atoms with Gasteiger partial charge in [0.05, 0.1) is 23.9 Å². The van der Waals surface area contributed by atoms with Crippen LogP contribution in [0.15, 0.2) is 17.3 Å². The zero-order valence-corrected chi connectivity index (χ0v) is 10.5. The first-order valence-electron chi connectivity index (χ1n) is 5.53. The summed E-state index contributed by atoms with van der Waals surface area (Å²) in [6, 6.07) is 3.35. The largest absolute Gasteiger partial charge is 0.409 e. The molecule has 5 N–H and O–H groups in total. The zero-order valence-electron chi connectivity index (χ0n) is 9.77. The van der Waals surface area contributed by atoms with Gasteiger partial charge in [0.15, 0.2) is 5.84 Å². The molecule has 98 valence electrons. The van der Waals surface area contributed by atoms with Gasteiger partial charge in [0.1, 0.15) is 0 Å². The minimum absolute atomic E-state index is 0.0290. The predicted octanol–water partition coefficient (Wildman–Crippen LogP) is 0.853. The van der Waals surface area contributed by atoms with Crippen LogP contribution in [0.4, 0.5) is 11.4 Å². The average Bonchev–Trinajstić information content (AvgIpc) is 2.39. The molecule has 7 heteroatoms. The lowest BCUT2D eigenvalue weighted by molar-refractivity contribution is 0.122. The van der Waals surface area contributed by atoms with E-state index in [0.717, 1.165) is 18.8 Å². The van der Waals surface area contributed by atoms with Crippen molar-refractivity contribution >= 4 is 28.8 Å². The quantitative estimate of drug-likeness (QED) is 0.243. The van der Waals surface area contributed by atoms with E-state index in [0.29, 0.717) is 29.5 Å². The molecule has 0 atom stereocenters. The minimum Gasteiger partial charge on any atom is -0.409 e. The number of nitrogens with two attached hydrogens (primary N) is 2. The third-order valence-electron chi connectivity index (χ3n) is 2.85. The Labute approximate surface area is 110 Å². The first-order valence-corrected chi connectivity index (χ1v) is 5.91. The highest BCUT2D eigenvalue weighted by molar-refractivity contribution is 6.34. The van der Waals surface area contributed by atoms with E-state index in [1.807, 2.05) is 0 Å². The molecule has 1 aromatic carbocycles. The number of nitrogens with zero attached hydrogens (tertiary/aromatic N) is 2. The van der Waals surface area contributed by atoms with Gasteiger partial charge in [-0.15, -0.1) is 0 Å². The monoisotopic (exact) mass is 270 g/mol. The predicted molar refractivity (Wildman–Crippen MR) is 71.4 cm³/mol. The summed E-state index contributed by atoms with van der Waals surface area (Å²) < 4.78 is 5.29. The fourth-order valence-corrected chi connectivity index (χ4v) is 2.19. The molecule has 1 saturated heterocycles. The molecular weight excluding hydrogens is 256 g/mol. The number of anilines is 2. The molecule has 1 fully saturated rings. The molecule has 1 aliphatic heterocycles. The van der Waals surface area contributed by atoms with Crippen LogP contribution in [0.5, 0.6) is 0 Å². The van der Waals surface area contributed by atoms with Crippen molar-refractivity contribution in [3.63, 3.8) is 0 Å². The maximum atomic E-state index is 8.72. The van der Waals surface area contributed by atoms with Gasteiger partial charge in [0.25, 0.3) is 0 Å². The number of hydrogen-bond acceptors (Lipinski definition) is 5. The van der Waals surface area contributed by atoms with Gasteiger partial charge >= 0.3 is 0 Å². The van der Waals surface area contributed by atoms with Gasteiger partial charge in [0.2, 0.25) is 0 Å². The molecule has 0 aromatic heterocycles. The fourth-order valence-electron chi connectivity index (χ4n) is 1.90. The Morgan fingerprint density at radius 3 is 2.67 bits per heavy atom. The van der Waals surface area contributed by atoms with Crippen molar-refractivity contribution in [2.45, 2.75) is 0 Å². The molecule has 0 radical (unpaired) electrons. The second kappa shape index (κ2) is 5.32. The lowest BCUT2D eigenvalue weighted by Gasteiger charge is -2.30. The number of nitrogen functional groups attached to an aromatic ring is 1. The van der Waals surface area contributed by atoms with Gasteiger partial charge in [-0.3, -0.25) is 0 Å². The molecule has 0 saturated carbocycles. The maximum absolute atomic E-state index is 8.72. The number of morpholine rings is 1. The SMILES string of the molecule is N/C(=N\O)c1cc(N2CCOCC2)c(Cl)cc1N. The molecule has 2 rings (SSSR count). The van der Waals surface area contributed by atoms with E-state index >= 15 is 0 Å². The summed E-state index contributed by atoms with van der Waals surface area (Å²) in [4.78, 5) is 2.08. The van der Waals surface area contributed by atoms with Gasteiger partial charge in [0, 0.05) is 24.3 Å². The molecule has 0 spiro atoms. The van der Waals surface area contributed by atoms with E-state index in [9.17, 15) is 0 Å². The highest BCUT2D eigenvalue weighted by Crippen LogP contribution is 2.31. The van der Waals surface area contributed by atoms with Crippen molar-refractivity contribution in [1.82, 2.24) is 0 Å². The van der Waals surface area contributed by atoms with Crippen molar-refractivity contribution in [1.29, 1.82) is 0 Å². The van der Waals surface area contributed by atoms with Crippen molar-refractivity contribution in [3.8, 4) is 0 Å². The van der Waals surface area contributed by atoms with Crippen LogP contribution < -0.4 is 16.4 Å². The standard InChI is InChI=1S/C11H15ClN4O2/c12-8-6-9(13)7(11(14)15-17)5-10(8)16-1-3-18-4-2-16/h5-6,17H,1-4,13H2,(H2,14,15). The molecule has 18 heavy (non-hydrogen) atoms. The van der Waals surface area contributed by atoms with Crippen LogP contribution in [-0.2, 0) is 4.74 Å². The Morgan fingerprint density at radius 1 is 1.39 bits per heavy atom. The number of amidine groups is 1.